The van der Waals surface area contributed by atoms with Crippen LogP contribution in [0.25, 0.3) is 10.8 Å². The van der Waals surface area contributed by atoms with Crippen LogP contribution in [0.3, 0.4) is 0 Å². The molecule has 4 rings (SSSR count). The van der Waals surface area contributed by atoms with Crippen molar-refractivity contribution in [1.29, 1.82) is 0 Å². The first-order valence-corrected chi connectivity index (χ1v) is 13.8. The maximum atomic E-state index is 13.0. The number of para-hydroxylation sites is 2. The summed E-state index contributed by atoms with van der Waals surface area (Å²) in [5.74, 6) is 0.852. The van der Waals surface area contributed by atoms with Crippen LogP contribution in [0, 0.1) is 0 Å². The number of benzene rings is 4. The zero-order chi connectivity index (χ0) is 29.0. The van der Waals surface area contributed by atoms with Crippen LogP contribution in [-0.2, 0) is 0 Å². The summed E-state index contributed by atoms with van der Waals surface area (Å²) in [6, 6.07) is 21.9. The summed E-state index contributed by atoms with van der Waals surface area (Å²) in [4.78, 5) is 25.9. The number of unbranched alkanes of at least 4 members (excludes halogenated alkanes) is 2. The molecular formula is C32H31ClO8. The lowest BCUT2D eigenvalue weighted by Gasteiger charge is -2.21. The third kappa shape index (κ3) is 8.05. The Hall–Kier alpha value is -4.43. The number of rotatable bonds is 12. The Morgan fingerprint density at radius 2 is 1.05 bits per heavy atom. The fourth-order valence-electron chi connectivity index (χ4n) is 3.83. The smallest absolute Gasteiger partial charge is 0.486 e. The lowest BCUT2D eigenvalue weighted by Crippen LogP contribution is -2.17. The maximum Gasteiger partial charge on any atom is 0.519 e. The van der Waals surface area contributed by atoms with E-state index in [9.17, 15) is 9.59 Å². The minimum Gasteiger partial charge on any atom is -0.486 e. The Balaban J connectivity index is 1.83. The lowest BCUT2D eigenvalue weighted by molar-refractivity contribution is 0.145. The molecule has 0 aliphatic rings. The van der Waals surface area contributed by atoms with Gasteiger partial charge in [-0.15, -0.1) is 0 Å². The van der Waals surface area contributed by atoms with Gasteiger partial charge in [0.25, 0.3) is 0 Å². The molecule has 0 aliphatic carbocycles. The van der Waals surface area contributed by atoms with Crippen molar-refractivity contribution in [2.45, 2.75) is 39.5 Å². The number of fused-ring (bicyclic) bond motifs is 1. The highest BCUT2D eigenvalue weighted by molar-refractivity contribution is 6.31. The van der Waals surface area contributed by atoms with Gasteiger partial charge in [0.2, 0.25) is 11.5 Å². The average Bonchev–Trinajstić information content (AvgIpc) is 2.97. The van der Waals surface area contributed by atoms with Gasteiger partial charge in [-0.1, -0.05) is 74.7 Å². The summed E-state index contributed by atoms with van der Waals surface area (Å²) < 4.78 is 34.6. The normalized spacial score (nSPS) is 10.6. The molecule has 41 heavy (non-hydrogen) atoms. The first kappa shape index (κ1) is 29.6. The first-order valence-electron chi connectivity index (χ1n) is 13.4. The highest BCUT2D eigenvalue weighted by Gasteiger charge is 2.29. The van der Waals surface area contributed by atoms with E-state index >= 15 is 0 Å². The Bertz CT molecular complexity index is 1460. The van der Waals surface area contributed by atoms with Crippen LogP contribution in [0.4, 0.5) is 9.59 Å². The molecule has 0 unspecified atom stereocenters. The topological polar surface area (TPSA) is 89.5 Å². The molecule has 4 aromatic rings. The molecule has 214 valence electrons. The van der Waals surface area contributed by atoms with Gasteiger partial charge in [-0.05, 0) is 55.3 Å². The molecule has 9 heteroatoms. The highest BCUT2D eigenvalue weighted by Crippen LogP contribution is 2.52. The van der Waals surface area contributed by atoms with Crippen molar-refractivity contribution in [3.63, 3.8) is 0 Å². The van der Waals surface area contributed by atoms with Crippen molar-refractivity contribution in [3.8, 4) is 34.5 Å². The van der Waals surface area contributed by atoms with Crippen LogP contribution < -0.4 is 28.4 Å². The molecule has 8 nitrogen and oxygen atoms in total. The fourth-order valence-corrected chi connectivity index (χ4v) is 4.01. The largest absolute Gasteiger partial charge is 0.519 e. The molecule has 0 amide bonds. The van der Waals surface area contributed by atoms with Crippen LogP contribution in [0.15, 0.2) is 78.9 Å². The second-order valence-electron chi connectivity index (χ2n) is 8.94. The van der Waals surface area contributed by atoms with Crippen molar-refractivity contribution >= 4 is 34.7 Å². The molecule has 0 bridgehead atoms. The number of ether oxygens (including phenoxy) is 6. The highest BCUT2D eigenvalue weighted by atomic mass is 35.5. The van der Waals surface area contributed by atoms with Crippen molar-refractivity contribution in [1.82, 2.24) is 0 Å². The number of hydrogen-bond acceptors (Lipinski definition) is 8. The Kier molecular flexibility index (Phi) is 10.7. The van der Waals surface area contributed by atoms with Crippen molar-refractivity contribution in [2.75, 3.05) is 13.2 Å². The van der Waals surface area contributed by atoms with Crippen LogP contribution in [0.2, 0.25) is 5.02 Å². The minimum atomic E-state index is -0.991. The van der Waals surface area contributed by atoms with Crippen LogP contribution >= 0.6 is 11.6 Å². The molecule has 0 saturated carbocycles. The molecular weight excluding hydrogens is 548 g/mol. The van der Waals surface area contributed by atoms with E-state index in [0.29, 0.717) is 40.1 Å². The quantitative estimate of drug-likeness (QED) is 0.0934. The Labute approximate surface area is 243 Å². The lowest BCUT2D eigenvalue weighted by atomic mass is 10.1. The van der Waals surface area contributed by atoms with Crippen LogP contribution in [0.5, 0.6) is 34.5 Å². The van der Waals surface area contributed by atoms with Crippen molar-refractivity contribution in [2.24, 2.45) is 0 Å². The molecule has 0 spiro atoms. The Morgan fingerprint density at radius 3 is 1.51 bits per heavy atom. The number of carbonyl (C=O) groups excluding carboxylic acids is 2. The molecule has 0 saturated heterocycles. The molecule has 4 aromatic carbocycles. The third-order valence-electron chi connectivity index (χ3n) is 5.84. The predicted octanol–water partition coefficient (Wildman–Crippen LogP) is 9.01. The second-order valence-corrected chi connectivity index (χ2v) is 9.38. The van der Waals surface area contributed by atoms with E-state index in [0.717, 1.165) is 12.8 Å². The molecule has 0 aromatic heterocycles. The average molecular weight is 579 g/mol. The first-order chi connectivity index (χ1) is 20.0. The zero-order valence-electron chi connectivity index (χ0n) is 22.9. The summed E-state index contributed by atoms with van der Waals surface area (Å²) in [6.45, 7) is 4.61. The summed E-state index contributed by atoms with van der Waals surface area (Å²) >= 11 is 6.37. The minimum absolute atomic E-state index is 0.0230. The predicted molar refractivity (Wildman–Crippen MR) is 156 cm³/mol. The standard InChI is InChI=1S/C32H31ClO8/c1-3-5-19-36-29-27(40-31(34)38-23-13-9-7-10-14-23)25-18-17-22(33)21-26(25)28(30(29)37-20-6-4-2)41-32(35)39-24-15-11-8-12-16-24/h7-18,21H,3-6,19-20H2,1-2H3. The molecule has 0 atom stereocenters. The number of hydrogen-bond donors (Lipinski definition) is 0. The fraction of sp³-hybridized carbons (Fsp3) is 0.250. The van der Waals surface area contributed by atoms with E-state index in [1.807, 2.05) is 13.8 Å². The van der Waals surface area contributed by atoms with Gasteiger partial charge in [0.15, 0.2) is 11.5 Å². The van der Waals surface area contributed by atoms with E-state index in [4.69, 9.17) is 40.0 Å². The zero-order valence-corrected chi connectivity index (χ0v) is 23.6. The summed E-state index contributed by atoms with van der Waals surface area (Å²) in [7, 11) is 0. The van der Waals surface area contributed by atoms with Crippen molar-refractivity contribution < 1.29 is 38.0 Å². The van der Waals surface area contributed by atoms with E-state index in [1.165, 1.54) is 0 Å². The molecule has 0 heterocycles. The molecule has 0 fully saturated rings. The van der Waals surface area contributed by atoms with Gasteiger partial charge in [-0.3, -0.25) is 0 Å². The summed E-state index contributed by atoms with van der Waals surface area (Å²) in [6.07, 6.45) is 1.16. The van der Waals surface area contributed by atoms with E-state index in [-0.39, 0.29) is 36.2 Å². The number of halogens is 1. The number of carbonyl (C=O) groups is 2. The molecule has 0 aliphatic heterocycles. The second kappa shape index (κ2) is 14.8. The van der Waals surface area contributed by atoms with Gasteiger partial charge in [0, 0.05) is 15.8 Å². The summed E-state index contributed by atoms with van der Waals surface area (Å²) in [5, 5.41) is 1.09. The Morgan fingerprint density at radius 1 is 0.585 bits per heavy atom. The van der Waals surface area contributed by atoms with Gasteiger partial charge in [-0.25, -0.2) is 9.59 Å². The van der Waals surface area contributed by atoms with Crippen LogP contribution in [0.1, 0.15) is 39.5 Å². The summed E-state index contributed by atoms with van der Waals surface area (Å²) in [5.41, 5.74) is 0. The van der Waals surface area contributed by atoms with Crippen molar-refractivity contribution in [3.05, 3.63) is 83.9 Å². The monoisotopic (exact) mass is 578 g/mol. The van der Waals surface area contributed by atoms with Gasteiger partial charge >= 0.3 is 12.3 Å². The maximum absolute atomic E-state index is 13.0. The van der Waals surface area contributed by atoms with E-state index in [1.54, 1.807) is 78.9 Å². The van der Waals surface area contributed by atoms with Crippen LogP contribution in [-0.4, -0.2) is 25.5 Å². The molecule has 0 N–H and O–H groups in total. The van der Waals surface area contributed by atoms with E-state index < -0.39 is 12.3 Å². The van der Waals surface area contributed by atoms with Gasteiger partial charge in [0.1, 0.15) is 11.5 Å². The third-order valence-corrected chi connectivity index (χ3v) is 6.07. The SMILES string of the molecule is CCCCOc1c(OCCCC)c(OC(=O)Oc2ccccc2)c2cc(Cl)ccc2c1OC(=O)Oc1ccccc1. The van der Waals surface area contributed by atoms with E-state index in [2.05, 4.69) is 0 Å². The molecule has 0 radical (unpaired) electrons. The van der Waals surface area contributed by atoms with Gasteiger partial charge in [-0.2, -0.15) is 0 Å². The van der Waals surface area contributed by atoms with Gasteiger partial charge in [0.05, 0.1) is 13.2 Å². The van der Waals surface area contributed by atoms with Gasteiger partial charge < -0.3 is 28.4 Å².